The van der Waals surface area contributed by atoms with Gasteiger partial charge in [0.2, 0.25) is 0 Å². The van der Waals surface area contributed by atoms with E-state index in [-0.39, 0.29) is 10.8 Å². The molecular formula is C66H46N4O2. The lowest BCUT2D eigenvalue weighted by atomic mass is 9.77. The van der Waals surface area contributed by atoms with Crippen LogP contribution in [-0.4, -0.2) is 9.97 Å². The number of anilines is 6. The van der Waals surface area contributed by atoms with Crippen LogP contribution >= 0.6 is 0 Å². The second-order valence-corrected chi connectivity index (χ2v) is 20.5. The molecule has 0 fully saturated rings. The van der Waals surface area contributed by atoms with Gasteiger partial charge in [0.1, 0.15) is 22.8 Å². The standard InChI is InChI=1S/C66H46N4O2/c1-65(2)50-35-40(69(59-27-11-13-33-67-59)54-23-15-21-45-43-19-7-9-25-57(43)71-63(45)54)30-32-42(50)48-36-49-52(37-51(48)65)66(3,4)53-38-56(47-31-29-39-17-5-6-18-41(39)61(47)62(49)53)70(60-28-12-14-34-68-60)55-24-16-22-46-44-20-8-10-26-58(44)72-64(46)55/h5-38H,1-4H3. The van der Waals surface area contributed by atoms with Crippen LogP contribution in [0.15, 0.2) is 215 Å². The summed E-state index contributed by atoms with van der Waals surface area (Å²) in [5, 5.41) is 9.16. The molecule has 13 aromatic rings. The van der Waals surface area contributed by atoms with Crippen molar-refractivity contribution in [2.24, 2.45) is 0 Å². The van der Waals surface area contributed by atoms with Gasteiger partial charge < -0.3 is 8.83 Å². The molecule has 0 radical (unpaired) electrons. The molecule has 2 aliphatic carbocycles. The van der Waals surface area contributed by atoms with E-state index in [1.807, 2.05) is 42.7 Å². The number of rotatable bonds is 6. The highest BCUT2D eigenvalue weighted by Gasteiger charge is 2.44. The lowest BCUT2D eigenvalue weighted by molar-refractivity contribution is 0.639. The van der Waals surface area contributed by atoms with E-state index in [1.165, 1.54) is 60.7 Å². The molecule has 4 heterocycles. The Morgan fingerprint density at radius 2 is 0.931 bits per heavy atom. The number of furan rings is 2. The van der Waals surface area contributed by atoms with Crippen molar-refractivity contribution in [1.29, 1.82) is 0 Å². The number of nitrogens with zero attached hydrogens (tertiary/aromatic N) is 4. The van der Waals surface area contributed by atoms with Crippen LogP contribution in [0.2, 0.25) is 0 Å². The molecule has 0 unspecified atom stereocenters. The maximum atomic E-state index is 6.78. The Balaban J connectivity index is 0.950. The molecular weight excluding hydrogens is 881 g/mol. The van der Waals surface area contributed by atoms with Gasteiger partial charge in [-0.2, -0.15) is 0 Å². The zero-order valence-electron chi connectivity index (χ0n) is 40.2. The summed E-state index contributed by atoms with van der Waals surface area (Å²) in [4.78, 5) is 14.6. The zero-order valence-corrected chi connectivity index (χ0v) is 40.2. The van der Waals surface area contributed by atoms with Crippen molar-refractivity contribution >= 4 is 99.8 Å². The Bertz CT molecular complexity index is 4410. The maximum absolute atomic E-state index is 6.78. The van der Waals surface area contributed by atoms with Crippen molar-refractivity contribution in [3.05, 3.63) is 229 Å². The molecule has 342 valence electrons. The fourth-order valence-corrected chi connectivity index (χ4v) is 12.5. The van der Waals surface area contributed by atoms with E-state index < -0.39 is 0 Å². The fraction of sp³-hybridized carbons (Fsp3) is 0.0909. The minimum absolute atomic E-state index is 0.317. The number of pyridine rings is 2. The second kappa shape index (κ2) is 14.8. The number of benzene rings is 9. The molecule has 6 heteroatoms. The third-order valence-corrected chi connectivity index (χ3v) is 15.9. The van der Waals surface area contributed by atoms with Crippen molar-refractivity contribution < 1.29 is 8.83 Å². The minimum atomic E-state index is -0.363. The van der Waals surface area contributed by atoms with Crippen LogP contribution in [-0.2, 0) is 10.8 Å². The monoisotopic (exact) mass is 926 g/mol. The number of hydrogen-bond donors (Lipinski definition) is 0. The van der Waals surface area contributed by atoms with Crippen molar-refractivity contribution in [2.45, 2.75) is 38.5 Å². The van der Waals surface area contributed by atoms with Gasteiger partial charge in [-0.1, -0.05) is 149 Å². The van der Waals surface area contributed by atoms with Crippen molar-refractivity contribution in [1.82, 2.24) is 9.97 Å². The summed E-state index contributed by atoms with van der Waals surface area (Å²) in [6.07, 6.45) is 3.75. The number of hydrogen-bond acceptors (Lipinski definition) is 6. The highest BCUT2D eigenvalue weighted by molar-refractivity contribution is 6.22. The molecule has 0 bridgehead atoms. The molecule has 15 rings (SSSR count). The highest BCUT2D eigenvalue weighted by Crippen LogP contribution is 2.60. The summed E-state index contributed by atoms with van der Waals surface area (Å²) < 4.78 is 13.4. The first-order valence-electron chi connectivity index (χ1n) is 24.8. The molecule has 4 aromatic heterocycles. The molecule has 0 saturated heterocycles. The summed E-state index contributed by atoms with van der Waals surface area (Å²) in [5.74, 6) is 1.64. The first-order valence-corrected chi connectivity index (χ1v) is 24.8. The first kappa shape index (κ1) is 40.8. The minimum Gasteiger partial charge on any atom is -0.454 e. The average molecular weight is 927 g/mol. The third kappa shape index (κ3) is 5.60. The fourth-order valence-electron chi connectivity index (χ4n) is 12.5. The molecule has 0 spiro atoms. The van der Waals surface area contributed by atoms with Gasteiger partial charge in [0, 0.05) is 55.8 Å². The van der Waals surface area contributed by atoms with Crippen molar-refractivity contribution in [3.8, 4) is 22.3 Å². The molecule has 0 amide bonds. The van der Waals surface area contributed by atoms with Crippen LogP contribution in [0.4, 0.5) is 34.4 Å². The van der Waals surface area contributed by atoms with Crippen LogP contribution in [0.25, 0.3) is 87.7 Å². The van der Waals surface area contributed by atoms with E-state index in [0.29, 0.717) is 0 Å². The van der Waals surface area contributed by atoms with E-state index in [0.717, 1.165) is 83.6 Å². The van der Waals surface area contributed by atoms with Gasteiger partial charge in [-0.15, -0.1) is 0 Å². The number of para-hydroxylation sites is 4. The highest BCUT2D eigenvalue weighted by atomic mass is 16.3. The van der Waals surface area contributed by atoms with Gasteiger partial charge >= 0.3 is 0 Å². The van der Waals surface area contributed by atoms with Gasteiger partial charge in [0.25, 0.3) is 0 Å². The SMILES string of the molecule is CC1(C)c2cc(N(c3ccccn3)c3cccc4c3oc3ccccc34)ccc2-c2cc3c(cc21)C(C)(C)c1cc(N(c2ccccn2)c2cccc4c2oc2ccccc24)c2ccc4ccccc4c2c1-3. The van der Waals surface area contributed by atoms with Gasteiger partial charge in [-0.3, -0.25) is 9.80 Å². The predicted molar refractivity (Wildman–Crippen MR) is 296 cm³/mol. The third-order valence-electron chi connectivity index (χ3n) is 15.9. The van der Waals surface area contributed by atoms with Crippen LogP contribution in [0, 0.1) is 0 Å². The normalized spacial score (nSPS) is 14.1. The summed E-state index contributed by atoms with van der Waals surface area (Å²) in [6, 6.07) is 69.7. The topological polar surface area (TPSA) is 58.5 Å². The van der Waals surface area contributed by atoms with Gasteiger partial charge in [-0.25, -0.2) is 9.97 Å². The summed E-state index contributed by atoms with van der Waals surface area (Å²) in [6.45, 7) is 9.59. The Morgan fingerprint density at radius 1 is 0.375 bits per heavy atom. The Morgan fingerprint density at radius 3 is 1.60 bits per heavy atom. The molecule has 9 aromatic carbocycles. The Hall–Kier alpha value is -9.00. The summed E-state index contributed by atoms with van der Waals surface area (Å²) in [7, 11) is 0. The molecule has 2 aliphatic rings. The lowest BCUT2D eigenvalue weighted by Gasteiger charge is -2.29. The van der Waals surface area contributed by atoms with Crippen molar-refractivity contribution in [3.63, 3.8) is 0 Å². The number of aromatic nitrogens is 2. The lowest BCUT2D eigenvalue weighted by Crippen LogP contribution is -2.20. The molecule has 0 atom stereocenters. The largest absolute Gasteiger partial charge is 0.454 e. The van der Waals surface area contributed by atoms with E-state index in [4.69, 9.17) is 18.8 Å². The second-order valence-electron chi connectivity index (χ2n) is 20.5. The Kier molecular flexibility index (Phi) is 8.38. The Labute approximate surface area is 416 Å². The number of fused-ring (bicyclic) bond motifs is 16. The van der Waals surface area contributed by atoms with E-state index in [1.54, 1.807) is 0 Å². The molecule has 72 heavy (non-hydrogen) atoms. The summed E-state index contributed by atoms with van der Waals surface area (Å²) >= 11 is 0. The smallest absolute Gasteiger partial charge is 0.159 e. The predicted octanol–water partition coefficient (Wildman–Crippen LogP) is 18.1. The molecule has 0 saturated carbocycles. The van der Waals surface area contributed by atoms with E-state index >= 15 is 0 Å². The van der Waals surface area contributed by atoms with Crippen LogP contribution in [0.5, 0.6) is 0 Å². The summed E-state index contributed by atoms with van der Waals surface area (Å²) in [5.41, 5.74) is 17.0. The van der Waals surface area contributed by atoms with Crippen LogP contribution < -0.4 is 9.80 Å². The average Bonchev–Trinajstić information content (AvgIpc) is 4.12. The zero-order chi connectivity index (χ0) is 48.0. The molecule has 0 N–H and O–H groups in total. The van der Waals surface area contributed by atoms with Crippen LogP contribution in [0.3, 0.4) is 0 Å². The van der Waals surface area contributed by atoms with Gasteiger partial charge in [-0.05, 0) is 133 Å². The molecule has 0 aliphatic heterocycles. The maximum Gasteiger partial charge on any atom is 0.159 e. The van der Waals surface area contributed by atoms with Gasteiger partial charge in [0.05, 0.1) is 17.1 Å². The van der Waals surface area contributed by atoms with Gasteiger partial charge in [0.15, 0.2) is 11.2 Å². The quantitative estimate of drug-likeness (QED) is 0.155. The van der Waals surface area contributed by atoms with E-state index in [2.05, 4.69) is 201 Å². The van der Waals surface area contributed by atoms with Crippen molar-refractivity contribution in [2.75, 3.05) is 9.80 Å². The first-order chi connectivity index (χ1) is 35.2. The van der Waals surface area contributed by atoms with E-state index in [9.17, 15) is 0 Å². The van der Waals surface area contributed by atoms with Crippen LogP contribution in [0.1, 0.15) is 49.9 Å². The molecule has 6 nitrogen and oxygen atoms in total.